The van der Waals surface area contributed by atoms with Crippen LogP contribution < -0.4 is 10.1 Å². The van der Waals surface area contributed by atoms with E-state index >= 15 is 0 Å². The Kier molecular flexibility index (Phi) is 8.32. The SMILES string of the molecule is CCCCC(CCOc1ccccc1)NCCC. The van der Waals surface area contributed by atoms with Crippen LogP contribution >= 0.6 is 0 Å². The number of rotatable bonds is 10. The highest BCUT2D eigenvalue weighted by Gasteiger charge is 2.07. The highest BCUT2D eigenvalue weighted by Crippen LogP contribution is 2.10. The van der Waals surface area contributed by atoms with Gasteiger partial charge >= 0.3 is 0 Å². The molecule has 0 bridgehead atoms. The van der Waals surface area contributed by atoms with Crippen molar-refractivity contribution >= 4 is 0 Å². The Morgan fingerprint density at radius 1 is 1.06 bits per heavy atom. The monoisotopic (exact) mass is 249 g/mol. The third-order valence-electron chi connectivity index (χ3n) is 3.07. The van der Waals surface area contributed by atoms with Crippen LogP contribution in [-0.4, -0.2) is 19.2 Å². The Bertz CT molecular complexity index is 278. The normalized spacial score (nSPS) is 12.3. The van der Waals surface area contributed by atoms with Crippen LogP contribution in [0.15, 0.2) is 30.3 Å². The Morgan fingerprint density at radius 2 is 1.83 bits per heavy atom. The number of para-hydroxylation sites is 1. The van der Waals surface area contributed by atoms with Gasteiger partial charge < -0.3 is 10.1 Å². The molecule has 0 amide bonds. The summed E-state index contributed by atoms with van der Waals surface area (Å²) in [4.78, 5) is 0. The van der Waals surface area contributed by atoms with Gasteiger partial charge in [-0.15, -0.1) is 0 Å². The standard InChI is InChI=1S/C16H27NO/c1-3-5-9-15(17-13-4-2)12-14-18-16-10-7-6-8-11-16/h6-8,10-11,15,17H,3-5,9,12-14H2,1-2H3. The van der Waals surface area contributed by atoms with E-state index in [4.69, 9.17) is 4.74 Å². The zero-order valence-electron chi connectivity index (χ0n) is 11.8. The minimum atomic E-state index is 0.605. The molecule has 0 radical (unpaired) electrons. The Labute approximate surface area is 112 Å². The minimum absolute atomic E-state index is 0.605. The van der Waals surface area contributed by atoms with Crippen LogP contribution in [0, 0.1) is 0 Å². The molecule has 0 aromatic heterocycles. The van der Waals surface area contributed by atoms with E-state index in [9.17, 15) is 0 Å². The van der Waals surface area contributed by atoms with Crippen molar-refractivity contribution in [3.05, 3.63) is 30.3 Å². The van der Waals surface area contributed by atoms with Gasteiger partial charge in [-0.3, -0.25) is 0 Å². The van der Waals surface area contributed by atoms with Crippen molar-refractivity contribution in [1.29, 1.82) is 0 Å². The molecule has 0 saturated heterocycles. The molecule has 2 heteroatoms. The molecule has 18 heavy (non-hydrogen) atoms. The fraction of sp³-hybridized carbons (Fsp3) is 0.625. The summed E-state index contributed by atoms with van der Waals surface area (Å²) in [5, 5.41) is 3.61. The molecule has 1 unspecified atom stereocenters. The van der Waals surface area contributed by atoms with Gasteiger partial charge in [-0.2, -0.15) is 0 Å². The van der Waals surface area contributed by atoms with Crippen molar-refractivity contribution in [2.24, 2.45) is 0 Å². The Balaban J connectivity index is 2.23. The van der Waals surface area contributed by atoms with Crippen molar-refractivity contribution in [2.75, 3.05) is 13.2 Å². The summed E-state index contributed by atoms with van der Waals surface area (Å²) in [6.07, 6.45) is 6.11. The van der Waals surface area contributed by atoms with Crippen molar-refractivity contribution < 1.29 is 4.74 Å². The summed E-state index contributed by atoms with van der Waals surface area (Å²) in [5.74, 6) is 0.974. The number of benzene rings is 1. The van der Waals surface area contributed by atoms with Crippen molar-refractivity contribution in [2.45, 2.75) is 52.0 Å². The highest BCUT2D eigenvalue weighted by atomic mass is 16.5. The number of nitrogens with one attached hydrogen (secondary N) is 1. The highest BCUT2D eigenvalue weighted by molar-refractivity contribution is 5.20. The van der Waals surface area contributed by atoms with Crippen LogP contribution in [0.5, 0.6) is 5.75 Å². The maximum Gasteiger partial charge on any atom is 0.119 e. The number of hydrogen-bond acceptors (Lipinski definition) is 2. The van der Waals surface area contributed by atoms with Crippen LogP contribution in [0.4, 0.5) is 0 Å². The van der Waals surface area contributed by atoms with Crippen LogP contribution in [0.3, 0.4) is 0 Å². The molecule has 2 nitrogen and oxygen atoms in total. The fourth-order valence-electron chi connectivity index (χ4n) is 1.98. The van der Waals surface area contributed by atoms with E-state index in [-0.39, 0.29) is 0 Å². The minimum Gasteiger partial charge on any atom is -0.494 e. The molecule has 1 aromatic rings. The maximum atomic E-state index is 5.76. The summed E-state index contributed by atoms with van der Waals surface area (Å²) in [7, 11) is 0. The van der Waals surface area contributed by atoms with Crippen LogP contribution in [-0.2, 0) is 0 Å². The molecule has 1 aromatic carbocycles. The zero-order chi connectivity index (χ0) is 13.1. The predicted octanol–water partition coefficient (Wildman–Crippen LogP) is 4.01. The van der Waals surface area contributed by atoms with Crippen molar-refractivity contribution in [3.8, 4) is 5.75 Å². The van der Waals surface area contributed by atoms with Gasteiger partial charge in [-0.05, 0) is 37.9 Å². The number of unbranched alkanes of at least 4 members (excludes halogenated alkanes) is 1. The van der Waals surface area contributed by atoms with E-state index in [1.807, 2.05) is 30.3 Å². The van der Waals surface area contributed by atoms with Crippen LogP contribution in [0.25, 0.3) is 0 Å². The number of hydrogen-bond donors (Lipinski definition) is 1. The Morgan fingerprint density at radius 3 is 2.50 bits per heavy atom. The summed E-state index contributed by atoms with van der Waals surface area (Å²) in [6, 6.07) is 10.7. The fourth-order valence-corrected chi connectivity index (χ4v) is 1.98. The van der Waals surface area contributed by atoms with E-state index in [0.29, 0.717) is 6.04 Å². The second-order valence-electron chi connectivity index (χ2n) is 4.74. The molecule has 102 valence electrons. The molecular weight excluding hydrogens is 222 g/mol. The first kappa shape index (κ1) is 15.0. The Hall–Kier alpha value is -1.02. The lowest BCUT2D eigenvalue weighted by atomic mass is 10.1. The van der Waals surface area contributed by atoms with Gasteiger partial charge in [0, 0.05) is 6.04 Å². The first-order valence-electron chi connectivity index (χ1n) is 7.28. The molecule has 0 aliphatic heterocycles. The second kappa shape index (κ2) is 9.95. The summed E-state index contributed by atoms with van der Waals surface area (Å²) in [5.41, 5.74) is 0. The average Bonchev–Trinajstić information content (AvgIpc) is 2.42. The van der Waals surface area contributed by atoms with Gasteiger partial charge in [0.1, 0.15) is 5.75 Å². The van der Waals surface area contributed by atoms with E-state index in [2.05, 4.69) is 19.2 Å². The topological polar surface area (TPSA) is 21.3 Å². The molecule has 1 N–H and O–H groups in total. The molecule has 0 saturated carbocycles. The van der Waals surface area contributed by atoms with E-state index in [0.717, 1.165) is 25.3 Å². The van der Waals surface area contributed by atoms with Crippen molar-refractivity contribution in [3.63, 3.8) is 0 Å². The number of ether oxygens (including phenoxy) is 1. The lowest BCUT2D eigenvalue weighted by Crippen LogP contribution is -2.31. The van der Waals surface area contributed by atoms with E-state index in [1.54, 1.807) is 0 Å². The maximum absolute atomic E-state index is 5.76. The quantitative estimate of drug-likeness (QED) is 0.676. The molecule has 1 rings (SSSR count). The summed E-state index contributed by atoms with van der Waals surface area (Å²) in [6.45, 7) is 6.37. The van der Waals surface area contributed by atoms with E-state index in [1.165, 1.54) is 25.7 Å². The average molecular weight is 249 g/mol. The van der Waals surface area contributed by atoms with Gasteiger partial charge in [0.2, 0.25) is 0 Å². The first-order chi connectivity index (χ1) is 8.86. The van der Waals surface area contributed by atoms with Gasteiger partial charge in [-0.25, -0.2) is 0 Å². The lowest BCUT2D eigenvalue weighted by Gasteiger charge is -2.18. The molecule has 0 aliphatic rings. The molecular formula is C16H27NO. The first-order valence-corrected chi connectivity index (χ1v) is 7.28. The third kappa shape index (κ3) is 6.65. The molecule has 0 heterocycles. The molecule has 1 atom stereocenters. The molecule has 0 fully saturated rings. The van der Waals surface area contributed by atoms with E-state index < -0.39 is 0 Å². The summed E-state index contributed by atoms with van der Waals surface area (Å²) >= 11 is 0. The third-order valence-corrected chi connectivity index (χ3v) is 3.07. The van der Waals surface area contributed by atoms with Gasteiger partial charge in [0.05, 0.1) is 6.61 Å². The predicted molar refractivity (Wildman–Crippen MR) is 78.2 cm³/mol. The van der Waals surface area contributed by atoms with Crippen LogP contribution in [0.1, 0.15) is 46.0 Å². The molecule has 0 spiro atoms. The largest absolute Gasteiger partial charge is 0.494 e. The van der Waals surface area contributed by atoms with Gasteiger partial charge in [0.25, 0.3) is 0 Å². The van der Waals surface area contributed by atoms with Crippen LogP contribution in [0.2, 0.25) is 0 Å². The van der Waals surface area contributed by atoms with Crippen molar-refractivity contribution in [1.82, 2.24) is 5.32 Å². The smallest absolute Gasteiger partial charge is 0.119 e. The van der Waals surface area contributed by atoms with Gasteiger partial charge in [0.15, 0.2) is 0 Å². The second-order valence-corrected chi connectivity index (χ2v) is 4.74. The molecule has 0 aliphatic carbocycles. The lowest BCUT2D eigenvalue weighted by molar-refractivity contribution is 0.279. The zero-order valence-corrected chi connectivity index (χ0v) is 11.8. The van der Waals surface area contributed by atoms with Gasteiger partial charge in [-0.1, -0.05) is 44.9 Å². The summed E-state index contributed by atoms with van der Waals surface area (Å²) < 4.78 is 5.76.